The summed E-state index contributed by atoms with van der Waals surface area (Å²) in [4.78, 5) is 8.52. The van der Waals surface area contributed by atoms with Crippen LogP contribution in [0.2, 0.25) is 0 Å². The predicted octanol–water partition coefficient (Wildman–Crippen LogP) is 2.79. The van der Waals surface area contributed by atoms with Crippen LogP contribution >= 0.6 is 24.0 Å². The highest BCUT2D eigenvalue weighted by atomic mass is 127. The molecule has 0 amide bonds. The molecule has 8 nitrogen and oxygen atoms in total. The van der Waals surface area contributed by atoms with E-state index in [4.69, 9.17) is 4.42 Å². The van der Waals surface area contributed by atoms with E-state index in [1.54, 1.807) is 6.07 Å². The lowest BCUT2D eigenvalue weighted by Gasteiger charge is -2.12. The zero-order valence-corrected chi connectivity index (χ0v) is 20.0. The standard InChI is InChI=1S/C20H25N5O3S.HI/c1-3-22-20(23-11-12-25-29(26,27)16-7-6-10-21-13-16)24-14-19-15(2)17-8-4-5-9-18(17)28-19;/h4-10,13,25H,3,11-12,14H2,1-2H3,(H2,22,23,24);1H. The summed E-state index contributed by atoms with van der Waals surface area (Å²) in [6, 6.07) is 11.0. The molecule has 0 bridgehead atoms. The summed E-state index contributed by atoms with van der Waals surface area (Å²) >= 11 is 0. The van der Waals surface area contributed by atoms with Crippen LogP contribution in [0.1, 0.15) is 18.2 Å². The first-order valence-corrected chi connectivity index (χ1v) is 10.9. The number of sulfonamides is 1. The number of hydrogen-bond acceptors (Lipinski definition) is 5. The third-order valence-electron chi connectivity index (χ3n) is 4.32. The number of aryl methyl sites for hydroxylation is 1. The summed E-state index contributed by atoms with van der Waals surface area (Å²) in [5, 5.41) is 7.35. The van der Waals surface area contributed by atoms with Crippen molar-refractivity contribution in [2.24, 2.45) is 4.99 Å². The van der Waals surface area contributed by atoms with Crippen molar-refractivity contribution < 1.29 is 12.8 Å². The lowest BCUT2D eigenvalue weighted by molar-refractivity contribution is 0.548. The minimum absolute atomic E-state index is 0. The summed E-state index contributed by atoms with van der Waals surface area (Å²) in [7, 11) is -3.57. The van der Waals surface area contributed by atoms with Gasteiger partial charge in [0.1, 0.15) is 22.8 Å². The molecular weight excluding hydrogens is 517 g/mol. The van der Waals surface area contributed by atoms with E-state index in [1.807, 2.05) is 38.1 Å². The van der Waals surface area contributed by atoms with Gasteiger partial charge in [0.2, 0.25) is 10.0 Å². The van der Waals surface area contributed by atoms with Crippen LogP contribution < -0.4 is 15.4 Å². The second-order valence-electron chi connectivity index (χ2n) is 6.35. The summed E-state index contributed by atoms with van der Waals surface area (Å²) < 4.78 is 32.8. The van der Waals surface area contributed by atoms with Crippen LogP contribution in [-0.2, 0) is 16.6 Å². The molecule has 10 heteroatoms. The smallest absolute Gasteiger partial charge is 0.242 e. The summed E-state index contributed by atoms with van der Waals surface area (Å²) in [5.41, 5.74) is 1.92. The van der Waals surface area contributed by atoms with Gasteiger partial charge in [0, 0.05) is 43.0 Å². The monoisotopic (exact) mass is 543 g/mol. The van der Waals surface area contributed by atoms with Crippen LogP contribution in [0, 0.1) is 6.92 Å². The Kier molecular flexibility index (Phi) is 9.06. The highest BCUT2D eigenvalue weighted by Crippen LogP contribution is 2.25. The Balaban J connectivity index is 0.00000320. The highest BCUT2D eigenvalue weighted by molar-refractivity contribution is 14.0. The zero-order chi connectivity index (χ0) is 20.7. The average Bonchev–Trinajstić information content (AvgIpc) is 3.06. The number of guanidine groups is 1. The maximum Gasteiger partial charge on any atom is 0.242 e. The number of fused-ring (bicyclic) bond motifs is 1. The van der Waals surface area contributed by atoms with E-state index in [-0.39, 0.29) is 35.4 Å². The number of halogens is 1. The third kappa shape index (κ3) is 6.16. The highest BCUT2D eigenvalue weighted by Gasteiger charge is 2.13. The van der Waals surface area contributed by atoms with Gasteiger partial charge in [-0.25, -0.2) is 18.1 Å². The quantitative estimate of drug-likeness (QED) is 0.175. The first-order chi connectivity index (χ1) is 14.0. The van der Waals surface area contributed by atoms with Gasteiger partial charge in [-0.2, -0.15) is 0 Å². The molecule has 0 saturated carbocycles. The fraction of sp³-hybridized carbons (Fsp3) is 0.300. The van der Waals surface area contributed by atoms with Crippen molar-refractivity contribution in [3.8, 4) is 0 Å². The van der Waals surface area contributed by atoms with Gasteiger partial charge in [0.25, 0.3) is 0 Å². The molecule has 0 aliphatic carbocycles. The van der Waals surface area contributed by atoms with Gasteiger partial charge in [0.05, 0.1) is 0 Å². The van der Waals surface area contributed by atoms with Crippen molar-refractivity contribution in [2.75, 3.05) is 19.6 Å². The maximum atomic E-state index is 12.2. The second-order valence-corrected chi connectivity index (χ2v) is 8.12. The largest absolute Gasteiger partial charge is 0.459 e. The summed E-state index contributed by atoms with van der Waals surface area (Å²) in [5.74, 6) is 1.40. The molecular formula is C20H26IN5O3S. The number of aliphatic imine (C=N–C) groups is 1. The summed E-state index contributed by atoms with van der Waals surface area (Å²) in [6.07, 6.45) is 2.85. The number of hydrogen-bond donors (Lipinski definition) is 3. The molecule has 3 aromatic rings. The van der Waals surface area contributed by atoms with Crippen molar-refractivity contribution in [3.05, 3.63) is 60.1 Å². The lowest BCUT2D eigenvalue weighted by atomic mass is 10.1. The first kappa shape index (κ1) is 24.1. The maximum absolute atomic E-state index is 12.2. The van der Waals surface area contributed by atoms with Gasteiger partial charge >= 0.3 is 0 Å². The Morgan fingerprint density at radius 2 is 1.93 bits per heavy atom. The number of pyridine rings is 1. The molecule has 0 aliphatic heterocycles. The summed E-state index contributed by atoms with van der Waals surface area (Å²) in [6.45, 7) is 5.65. The SMILES string of the molecule is CCNC(=NCc1oc2ccccc2c1C)NCCNS(=O)(=O)c1cccnc1.I. The van der Waals surface area contributed by atoms with E-state index >= 15 is 0 Å². The van der Waals surface area contributed by atoms with Crippen molar-refractivity contribution in [1.29, 1.82) is 0 Å². The van der Waals surface area contributed by atoms with E-state index in [0.717, 1.165) is 22.3 Å². The zero-order valence-electron chi connectivity index (χ0n) is 16.9. The van der Waals surface area contributed by atoms with E-state index in [1.165, 1.54) is 18.5 Å². The molecule has 2 heterocycles. The molecule has 2 aromatic heterocycles. The first-order valence-electron chi connectivity index (χ1n) is 9.40. The Labute approximate surface area is 193 Å². The van der Waals surface area contributed by atoms with Crippen LogP contribution in [0.4, 0.5) is 0 Å². The van der Waals surface area contributed by atoms with Gasteiger partial charge < -0.3 is 15.1 Å². The molecule has 0 saturated heterocycles. The number of nitrogens with one attached hydrogen (secondary N) is 3. The van der Waals surface area contributed by atoms with Crippen molar-refractivity contribution >= 4 is 50.9 Å². The Morgan fingerprint density at radius 3 is 2.63 bits per heavy atom. The van der Waals surface area contributed by atoms with Crippen LogP contribution in [0.25, 0.3) is 11.0 Å². The number of para-hydroxylation sites is 1. The Hall–Kier alpha value is -2.18. The Bertz CT molecular complexity index is 1080. The number of benzene rings is 1. The predicted molar refractivity (Wildman–Crippen MR) is 129 cm³/mol. The van der Waals surface area contributed by atoms with Gasteiger partial charge in [-0.1, -0.05) is 18.2 Å². The van der Waals surface area contributed by atoms with Crippen LogP contribution in [-0.4, -0.2) is 39.0 Å². The van der Waals surface area contributed by atoms with Crippen molar-refractivity contribution in [1.82, 2.24) is 20.3 Å². The average molecular weight is 543 g/mol. The Morgan fingerprint density at radius 1 is 1.13 bits per heavy atom. The van der Waals surface area contributed by atoms with Crippen LogP contribution in [0.3, 0.4) is 0 Å². The minimum Gasteiger partial charge on any atom is -0.459 e. The van der Waals surface area contributed by atoms with Gasteiger partial charge in [-0.3, -0.25) is 4.98 Å². The van der Waals surface area contributed by atoms with E-state index < -0.39 is 10.0 Å². The van der Waals surface area contributed by atoms with E-state index in [0.29, 0.717) is 25.6 Å². The van der Waals surface area contributed by atoms with Gasteiger partial charge in [-0.05, 0) is 32.0 Å². The van der Waals surface area contributed by atoms with E-state index in [2.05, 4.69) is 25.3 Å². The molecule has 0 aliphatic rings. The van der Waals surface area contributed by atoms with Crippen molar-refractivity contribution in [3.63, 3.8) is 0 Å². The normalized spacial score (nSPS) is 11.9. The molecule has 3 N–H and O–H groups in total. The van der Waals surface area contributed by atoms with Gasteiger partial charge in [-0.15, -0.1) is 24.0 Å². The van der Waals surface area contributed by atoms with Crippen LogP contribution in [0.5, 0.6) is 0 Å². The molecule has 0 radical (unpaired) electrons. The van der Waals surface area contributed by atoms with Gasteiger partial charge in [0.15, 0.2) is 5.96 Å². The molecule has 0 fully saturated rings. The number of furan rings is 1. The van der Waals surface area contributed by atoms with E-state index in [9.17, 15) is 8.42 Å². The topological polar surface area (TPSA) is 109 Å². The lowest BCUT2D eigenvalue weighted by Crippen LogP contribution is -2.41. The number of aromatic nitrogens is 1. The number of nitrogens with zero attached hydrogens (tertiary/aromatic N) is 2. The van der Waals surface area contributed by atoms with Crippen molar-refractivity contribution in [2.45, 2.75) is 25.3 Å². The molecule has 30 heavy (non-hydrogen) atoms. The molecule has 1 aromatic carbocycles. The molecule has 3 rings (SSSR count). The molecule has 0 spiro atoms. The fourth-order valence-corrected chi connectivity index (χ4v) is 3.82. The third-order valence-corrected chi connectivity index (χ3v) is 5.77. The number of rotatable bonds is 8. The molecule has 0 atom stereocenters. The van der Waals surface area contributed by atoms with Crippen LogP contribution in [0.15, 0.2) is 63.1 Å². The minimum atomic E-state index is -3.57. The second kappa shape index (κ2) is 11.3. The molecule has 162 valence electrons. The fourth-order valence-electron chi connectivity index (χ4n) is 2.82. The molecule has 0 unspecified atom stereocenters.